The van der Waals surface area contributed by atoms with Crippen molar-refractivity contribution < 1.29 is 19.0 Å². The second-order valence-corrected chi connectivity index (χ2v) is 6.79. The number of para-hydroxylation sites is 1. The van der Waals surface area contributed by atoms with Crippen molar-refractivity contribution in [3.63, 3.8) is 0 Å². The first-order chi connectivity index (χ1) is 13.0. The van der Waals surface area contributed by atoms with E-state index in [9.17, 15) is 4.79 Å². The van der Waals surface area contributed by atoms with Crippen LogP contribution in [0, 0.1) is 0 Å². The number of hydrogen-bond acceptors (Lipinski definition) is 4. The number of Topliss-reactive ketones (excluding diaryl/α,β-unsaturated/α-hetero) is 1. The van der Waals surface area contributed by atoms with Gasteiger partial charge in [-0.2, -0.15) is 0 Å². The molecule has 0 saturated heterocycles. The Morgan fingerprint density at radius 3 is 2.85 bits per heavy atom. The summed E-state index contributed by atoms with van der Waals surface area (Å²) in [6.45, 7) is 8.09. The van der Waals surface area contributed by atoms with Crippen LogP contribution in [0.5, 0.6) is 17.2 Å². The Kier molecular flexibility index (Phi) is 4.32. The minimum absolute atomic E-state index is 0.136. The quantitative estimate of drug-likeness (QED) is 0.571. The van der Waals surface area contributed by atoms with Crippen LogP contribution in [-0.2, 0) is 0 Å². The van der Waals surface area contributed by atoms with E-state index in [1.807, 2.05) is 44.2 Å². The second-order valence-electron chi connectivity index (χ2n) is 6.79. The number of carbonyl (C=O) groups excluding carboxylic acids is 1. The van der Waals surface area contributed by atoms with Crippen LogP contribution in [0.1, 0.15) is 29.8 Å². The lowest BCUT2D eigenvalue weighted by Crippen LogP contribution is -2.18. The zero-order valence-electron chi connectivity index (χ0n) is 15.3. The maximum atomic E-state index is 12.7. The molecule has 2 aliphatic rings. The van der Waals surface area contributed by atoms with Crippen LogP contribution >= 0.6 is 0 Å². The molecule has 0 bridgehead atoms. The van der Waals surface area contributed by atoms with E-state index in [4.69, 9.17) is 14.2 Å². The van der Waals surface area contributed by atoms with Crippen molar-refractivity contribution in [2.45, 2.75) is 20.0 Å². The molecule has 4 rings (SSSR count). The van der Waals surface area contributed by atoms with E-state index in [1.54, 1.807) is 24.3 Å². The summed E-state index contributed by atoms with van der Waals surface area (Å²) in [5, 5.41) is 0. The highest BCUT2D eigenvalue weighted by Gasteiger charge is 2.29. The van der Waals surface area contributed by atoms with Crippen LogP contribution in [0.2, 0.25) is 0 Å². The minimum Gasteiger partial charge on any atom is -0.489 e. The molecule has 4 nitrogen and oxygen atoms in total. The van der Waals surface area contributed by atoms with Crippen LogP contribution in [0.3, 0.4) is 0 Å². The number of ketones is 1. The number of hydrogen-bond donors (Lipinski definition) is 0. The lowest BCUT2D eigenvalue weighted by molar-refractivity contribution is 0.101. The summed E-state index contributed by atoms with van der Waals surface area (Å²) in [5.74, 6) is 2.16. The van der Waals surface area contributed by atoms with Crippen LogP contribution in [0.4, 0.5) is 0 Å². The molecule has 4 heteroatoms. The monoisotopic (exact) mass is 360 g/mol. The van der Waals surface area contributed by atoms with Crippen LogP contribution in [0.25, 0.3) is 6.08 Å². The molecule has 0 fully saturated rings. The van der Waals surface area contributed by atoms with Gasteiger partial charge in [-0.25, -0.2) is 0 Å². The predicted molar refractivity (Wildman–Crippen MR) is 104 cm³/mol. The fourth-order valence-electron chi connectivity index (χ4n) is 3.04. The third kappa shape index (κ3) is 3.38. The highest BCUT2D eigenvalue weighted by atomic mass is 16.5. The number of rotatable bonds is 4. The van der Waals surface area contributed by atoms with Crippen molar-refractivity contribution in [3.05, 3.63) is 83.2 Å². The summed E-state index contributed by atoms with van der Waals surface area (Å²) in [6, 6.07) is 13.1. The maximum absolute atomic E-state index is 12.7. The molecule has 0 N–H and O–H groups in total. The first-order valence-corrected chi connectivity index (χ1v) is 8.84. The van der Waals surface area contributed by atoms with Gasteiger partial charge in [0.2, 0.25) is 5.78 Å². The molecule has 1 atom stereocenters. The summed E-state index contributed by atoms with van der Waals surface area (Å²) >= 11 is 0. The third-order valence-electron chi connectivity index (χ3n) is 4.44. The lowest BCUT2D eigenvalue weighted by Gasteiger charge is -2.22. The van der Waals surface area contributed by atoms with E-state index >= 15 is 0 Å². The van der Waals surface area contributed by atoms with E-state index < -0.39 is 0 Å². The van der Waals surface area contributed by atoms with Crippen molar-refractivity contribution >= 4 is 11.9 Å². The van der Waals surface area contributed by atoms with E-state index in [2.05, 4.69) is 6.58 Å². The number of ether oxygens (including phenoxy) is 3. The van der Waals surface area contributed by atoms with Gasteiger partial charge in [0.05, 0.1) is 5.56 Å². The summed E-state index contributed by atoms with van der Waals surface area (Å²) < 4.78 is 17.4. The third-order valence-corrected chi connectivity index (χ3v) is 4.44. The van der Waals surface area contributed by atoms with Crippen molar-refractivity contribution in [2.75, 3.05) is 6.61 Å². The first-order valence-electron chi connectivity index (χ1n) is 8.84. The average molecular weight is 360 g/mol. The van der Waals surface area contributed by atoms with Gasteiger partial charge >= 0.3 is 0 Å². The van der Waals surface area contributed by atoms with Gasteiger partial charge in [0.15, 0.2) is 5.76 Å². The summed E-state index contributed by atoms with van der Waals surface area (Å²) in [6.07, 6.45) is 3.62. The molecule has 0 saturated carbocycles. The fourth-order valence-corrected chi connectivity index (χ4v) is 3.04. The largest absolute Gasteiger partial charge is 0.489 e. The standard InChI is InChI=1S/C23H20O4/c1-14(2)13-25-18-8-9-19-21(12-18)27-22(23(19)24)11-17-10-16-6-4-5-7-20(16)26-15(17)3/h4-12,15H,1,13H2,2-3H3/b22-11+/t15-/m1/s1. The van der Waals surface area contributed by atoms with Gasteiger partial charge in [0.1, 0.15) is 30.0 Å². The number of carbonyl (C=O) groups is 1. The Bertz CT molecular complexity index is 997. The van der Waals surface area contributed by atoms with Gasteiger partial charge in [0, 0.05) is 11.6 Å². The smallest absolute Gasteiger partial charge is 0.231 e. The van der Waals surface area contributed by atoms with E-state index in [-0.39, 0.29) is 11.9 Å². The molecule has 0 spiro atoms. The molecule has 2 heterocycles. The highest BCUT2D eigenvalue weighted by molar-refractivity contribution is 6.12. The lowest BCUT2D eigenvalue weighted by atomic mass is 10.0. The zero-order chi connectivity index (χ0) is 19.0. The van der Waals surface area contributed by atoms with Gasteiger partial charge in [-0.3, -0.25) is 4.79 Å². The SMILES string of the molecule is C=C(C)COc1ccc2c(c1)O/C(=C/C1=Cc3ccccc3O[C@@H]1C)C2=O. The van der Waals surface area contributed by atoms with E-state index in [0.29, 0.717) is 29.4 Å². The van der Waals surface area contributed by atoms with Gasteiger partial charge in [0.25, 0.3) is 0 Å². The van der Waals surface area contributed by atoms with Gasteiger partial charge < -0.3 is 14.2 Å². The van der Waals surface area contributed by atoms with Crippen LogP contribution in [-0.4, -0.2) is 18.5 Å². The number of allylic oxidation sites excluding steroid dienone is 1. The van der Waals surface area contributed by atoms with Crippen molar-refractivity contribution in [3.8, 4) is 17.2 Å². The molecule has 2 aromatic carbocycles. The summed E-state index contributed by atoms with van der Waals surface area (Å²) in [5.41, 5.74) is 3.34. The molecular formula is C23H20O4. The Balaban J connectivity index is 1.61. The van der Waals surface area contributed by atoms with Gasteiger partial charge in [-0.1, -0.05) is 24.8 Å². The molecule has 0 radical (unpaired) electrons. The molecule has 0 aliphatic carbocycles. The van der Waals surface area contributed by atoms with Crippen LogP contribution in [0.15, 0.2) is 72.0 Å². The predicted octanol–water partition coefficient (Wildman–Crippen LogP) is 4.97. The topological polar surface area (TPSA) is 44.8 Å². The highest BCUT2D eigenvalue weighted by Crippen LogP contribution is 2.36. The normalized spacial score (nSPS) is 18.9. The average Bonchev–Trinajstić information content (AvgIpc) is 2.96. The molecule has 2 aromatic rings. The first kappa shape index (κ1) is 17.2. The Morgan fingerprint density at radius 2 is 2.04 bits per heavy atom. The number of benzene rings is 2. The Hall–Kier alpha value is -3.27. The van der Waals surface area contributed by atoms with Crippen molar-refractivity contribution in [2.24, 2.45) is 0 Å². The second kappa shape index (κ2) is 6.80. The minimum atomic E-state index is -0.165. The fraction of sp³-hybridized carbons (Fsp3) is 0.174. The molecular weight excluding hydrogens is 340 g/mol. The van der Waals surface area contributed by atoms with Gasteiger partial charge in [-0.05, 0) is 55.3 Å². The molecule has 0 unspecified atom stereocenters. The molecule has 27 heavy (non-hydrogen) atoms. The number of fused-ring (bicyclic) bond motifs is 2. The molecule has 0 aromatic heterocycles. The van der Waals surface area contributed by atoms with Crippen LogP contribution < -0.4 is 14.2 Å². The van der Waals surface area contributed by atoms with Crippen molar-refractivity contribution in [1.82, 2.24) is 0 Å². The Morgan fingerprint density at radius 1 is 1.22 bits per heavy atom. The summed E-state index contributed by atoms with van der Waals surface area (Å²) in [4.78, 5) is 12.7. The van der Waals surface area contributed by atoms with E-state index in [1.165, 1.54) is 0 Å². The van der Waals surface area contributed by atoms with Gasteiger partial charge in [-0.15, -0.1) is 0 Å². The van der Waals surface area contributed by atoms with E-state index in [0.717, 1.165) is 22.5 Å². The molecule has 136 valence electrons. The maximum Gasteiger partial charge on any atom is 0.231 e. The molecule has 2 aliphatic heterocycles. The van der Waals surface area contributed by atoms with Crippen molar-refractivity contribution in [1.29, 1.82) is 0 Å². The molecule has 0 amide bonds. The zero-order valence-corrected chi connectivity index (χ0v) is 15.3. The summed E-state index contributed by atoms with van der Waals surface area (Å²) in [7, 11) is 0. The Labute approximate surface area is 158 Å².